The maximum absolute atomic E-state index is 11.3. The number of esters is 2. The van der Waals surface area contributed by atoms with Crippen LogP contribution < -0.4 is 5.32 Å². The lowest BCUT2D eigenvalue weighted by molar-refractivity contribution is -0.145. The van der Waals surface area contributed by atoms with Crippen LogP contribution in [0.5, 0.6) is 0 Å². The number of carbonyl (C=O) groups is 3. The zero-order valence-electron chi connectivity index (χ0n) is 10.3. The fraction of sp³-hybridized carbons (Fsp3) is 0.250. The van der Waals surface area contributed by atoms with Gasteiger partial charge in [-0.2, -0.15) is 0 Å². The summed E-state index contributed by atoms with van der Waals surface area (Å²) in [6.07, 6.45) is 2.83. The van der Waals surface area contributed by atoms with Crippen molar-refractivity contribution in [2.75, 3.05) is 20.3 Å². The fourth-order valence-electron chi connectivity index (χ4n) is 1.02. The summed E-state index contributed by atoms with van der Waals surface area (Å²) >= 11 is 1.48. The Bertz CT molecular complexity index is 466. The van der Waals surface area contributed by atoms with Gasteiger partial charge in [-0.1, -0.05) is 6.07 Å². The standard InChI is InChI=1S/C12H13NO5S/c1-17-12(16)7-13-10(14)8-18-11(15)5-4-9-3-2-6-19-9/h2-6H,7-8H2,1H3,(H,13,14)/b5-4+. The monoisotopic (exact) mass is 283 g/mol. The molecule has 1 N–H and O–H groups in total. The van der Waals surface area contributed by atoms with E-state index >= 15 is 0 Å². The summed E-state index contributed by atoms with van der Waals surface area (Å²) in [4.78, 5) is 34.1. The molecule has 102 valence electrons. The molecule has 0 spiro atoms. The molecule has 1 aromatic heterocycles. The average Bonchev–Trinajstić information content (AvgIpc) is 2.93. The second-order valence-electron chi connectivity index (χ2n) is 3.31. The van der Waals surface area contributed by atoms with Crippen molar-refractivity contribution >= 4 is 35.3 Å². The first kappa shape index (κ1) is 14.9. The van der Waals surface area contributed by atoms with E-state index in [1.165, 1.54) is 24.5 Å². The summed E-state index contributed by atoms with van der Waals surface area (Å²) in [7, 11) is 1.21. The van der Waals surface area contributed by atoms with E-state index in [2.05, 4.69) is 14.8 Å². The van der Waals surface area contributed by atoms with Crippen molar-refractivity contribution in [3.63, 3.8) is 0 Å². The molecule has 0 aliphatic heterocycles. The van der Waals surface area contributed by atoms with E-state index in [9.17, 15) is 14.4 Å². The Morgan fingerprint density at radius 2 is 2.21 bits per heavy atom. The zero-order chi connectivity index (χ0) is 14.1. The smallest absolute Gasteiger partial charge is 0.331 e. The van der Waals surface area contributed by atoms with Crippen LogP contribution in [0.25, 0.3) is 6.08 Å². The van der Waals surface area contributed by atoms with Gasteiger partial charge in [0.2, 0.25) is 0 Å². The SMILES string of the molecule is COC(=O)CNC(=O)COC(=O)/C=C/c1cccs1. The van der Waals surface area contributed by atoms with Gasteiger partial charge < -0.3 is 14.8 Å². The van der Waals surface area contributed by atoms with Crippen molar-refractivity contribution in [1.82, 2.24) is 5.32 Å². The minimum atomic E-state index is -0.624. The number of carbonyl (C=O) groups excluding carboxylic acids is 3. The third kappa shape index (κ3) is 6.37. The Hall–Kier alpha value is -2.15. The van der Waals surface area contributed by atoms with Crippen molar-refractivity contribution in [3.8, 4) is 0 Å². The molecular formula is C12H13NO5S. The van der Waals surface area contributed by atoms with Gasteiger partial charge in [-0.3, -0.25) is 9.59 Å². The van der Waals surface area contributed by atoms with E-state index in [1.54, 1.807) is 6.08 Å². The lowest BCUT2D eigenvalue weighted by atomic mass is 10.4. The zero-order valence-corrected chi connectivity index (χ0v) is 11.1. The second-order valence-corrected chi connectivity index (χ2v) is 4.29. The van der Waals surface area contributed by atoms with E-state index in [0.29, 0.717) is 0 Å². The molecule has 0 saturated carbocycles. The molecule has 0 aliphatic rings. The molecular weight excluding hydrogens is 270 g/mol. The topological polar surface area (TPSA) is 81.7 Å². The average molecular weight is 283 g/mol. The highest BCUT2D eigenvalue weighted by atomic mass is 32.1. The van der Waals surface area contributed by atoms with Crippen molar-refractivity contribution < 1.29 is 23.9 Å². The molecule has 0 bridgehead atoms. The van der Waals surface area contributed by atoms with Crippen LogP contribution in [0.3, 0.4) is 0 Å². The number of thiophene rings is 1. The summed E-state index contributed by atoms with van der Waals surface area (Å²) in [5.41, 5.74) is 0. The van der Waals surface area contributed by atoms with Crippen LogP contribution in [0.1, 0.15) is 4.88 Å². The van der Waals surface area contributed by atoms with Gasteiger partial charge in [0, 0.05) is 11.0 Å². The number of amides is 1. The van der Waals surface area contributed by atoms with E-state index in [4.69, 9.17) is 0 Å². The predicted molar refractivity (Wildman–Crippen MR) is 69.3 cm³/mol. The largest absolute Gasteiger partial charge is 0.468 e. The Morgan fingerprint density at radius 3 is 2.84 bits per heavy atom. The molecule has 6 nitrogen and oxygen atoms in total. The Labute approximate surface area is 114 Å². The summed E-state index contributed by atoms with van der Waals surface area (Å²) < 4.78 is 9.02. The van der Waals surface area contributed by atoms with Crippen molar-refractivity contribution in [2.45, 2.75) is 0 Å². The maximum Gasteiger partial charge on any atom is 0.331 e. The van der Waals surface area contributed by atoms with Gasteiger partial charge in [0.1, 0.15) is 6.54 Å². The van der Waals surface area contributed by atoms with Crippen LogP contribution >= 0.6 is 11.3 Å². The summed E-state index contributed by atoms with van der Waals surface area (Å²) in [6, 6.07) is 3.70. The van der Waals surface area contributed by atoms with Crippen LogP contribution in [0.4, 0.5) is 0 Å². The van der Waals surface area contributed by atoms with Crippen LogP contribution in [-0.2, 0) is 23.9 Å². The lowest BCUT2D eigenvalue weighted by Gasteiger charge is -2.03. The normalized spacial score (nSPS) is 10.2. The maximum atomic E-state index is 11.3. The molecule has 1 aromatic rings. The fourth-order valence-corrected chi connectivity index (χ4v) is 1.63. The third-order valence-corrected chi connectivity index (χ3v) is 2.77. The number of ether oxygens (including phenoxy) is 2. The number of hydrogen-bond donors (Lipinski definition) is 1. The molecule has 0 unspecified atom stereocenters. The van der Waals surface area contributed by atoms with Gasteiger partial charge in [0.25, 0.3) is 5.91 Å². The number of nitrogens with one attached hydrogen (secondary N) is 1. The Balaban J connectivity index is 2.23. The van der Waals surface area contributed by atoms with Gasteiger partial charge in [-0.05, 0) is 17.5 Å². The molecule has 7 heteroatoms. The highest BCUT2D eigenvalue weighted by Crippen LogP contribution is 2.09. The van der Waals surface area contributed by atoms with E-state index in [0.717, 1.165) is 4.88 Å². The summed E-state index contributed by atoms with van der Waals surface area (Å²) in [6.45, 7) is -0.692. The number of hydrogen-bond acceptors (Lipinski definition) is 6. The highest BCUT2D eigenvalue weighted by molar-refractivity contribution is 7.10. The van der Waals surface area contributed by atoms with Gasteiger partial charge in [0.15, 0.2) is 6.61 Å². The van der Waals surface area contributed by atoms with E-state index in [-0.39, 0.29) is 6.54 Å². The second kappa shape index (κ2) is 8.04. The minimum Gasteiger partial charge on any atom is -0.468 e. The molecule has 1 rings (SSSR count). The first-order valence-electron chi connectivity index (χ1n) is 5.33. The quantitative estimate of drug-likeness (QED) is 0.610. The molecule has 0 saturated heterocycles. The van der Waals surface area contributed by atoms with Gasteiger partial charge >= 0.3 is 11.9 Å². The molecule has 0 atom stereocenters. The van der Waals surface area contributed by atoms with Crippen molar-refractivity contribution in [2.24, 2.45) is 0 Å². The minimum absolute atomic E-state index is 0.252. The van der Waals surface area contributed by atoms with Crippen LogP contribution in [-0.4, -0.2) is 38.1 Å². The lowest BCUT2D eigenvalue weighted by Crippen LogP contribution is -2.33. The van der Waals surface area contributed by atoms with Crippen LogP contribution in [0.2, 0.25) is 0 Å². The molecule has 0 fully saturated rings. The van der Waals surface area contributed by atoms with Gasteiger partial charge in [-0.15, -0.1) is 11.3 Å². The third-order valence-electron chi connectivity index (χ3n) is 1.93. The highest BCUT2D eigenvalue weighted by Gasteiger charge is 2.07. The Kier molecular flexibility index (Phi) is 6.31. The summed E-state index contributed by atoms with van der Waals surface area (Å²) in [5.74, 6) is -1.76. The molecule has 0 aliphatic carbocycles. The predicted octanol–water partition coefficient (Wildman–Crippen LogP) is 0.594. The molecule has 1 amide bonds. The van der Waals surface area contributed by atoms with Gasteiger partial charge in [-0.25, -0.2) is 4.79 Å². The number of methoxy groups -OCH3 is 1. The molecule has 1 heterocycles. The molecule has 0 radical (unpaired) electrons. The number of rotatable bonds is 6. The van der Waals surface area contributed by atoms with E-state index < -0.39 is 24.5 Å². The van der Waals surface area contributed by atoms with Gasteiger partial charge in [0.05, 0.1) is 7.11 Å². The van der Waals surface area contributed by atoms with Crippen LogP contribution in [0.15, 0.2) is 23.6 Å². The van der Waals surface area contributed by atoms with Crippen molar-refractivity contribution in [3.05, 3.63) is 28.5 Å². The molecule has 0 aromatic carbocycles. The first-order valence-corrected chi connectivity index (χ1v) is 6.21. The summed E-state index contributed by atoms with van der Waals surface area (Å²) in [5, 5.41) is 4.13. The first-order chi connectivity index (χ1) is 9.11. The molecule has 19 heavy (non-hydrogen) atoms. The van der Waals surface area contributed by atoms with E-state index in [1.807, 2.05) is 17.5 Å². The van der Waals surface area contributed by atoms with Crippen molar-refractivity contribution in [1.29, 1.82) is 0 Å². The Morgan fingerprint density at radius 1 is 1.42 bits per heavy atom. The van der Waals surface area contributed by atoms with Crippen LogP contribution in [0, 0.1) is 0 Å².